The zero-order chi connectivity index (χ0) is 16.1. The van der Waals surface area contributed by atoms with Crippen molar-refractivity contribution in [3.05, 3.63) is 15.9 Å². The number of nitrogens with one attached hydrogen (secondary N) is 3. The van der Waals surface area contributed by atoms with Crippen LogP contribution < -0.4 is 16.2 Å². The van der Waals surface area contributed by atoms with Crippen molar-refractivity contribution in [2.75, 3.05) is 13.2 Å². The van der Waals surface area contributed by atoms with E-state index in [0.29, 0.717) is 11.7 Å². The molecule has 0 aromatic carbocycles. The van der Waals surface area contributed by atoms with E-state index in [1.165, 1.54) is 0 Å². The van der Waals surface area contributed by atoms with Crippen LogP contribution in [0.1, 0.15) is 24.2 Å². The highest BCUT2D eigenvalue weighted by atomic mass is 79.9. The predicted molar refractivity (Wildman–Crippen MR) is 90.3 cm³/mol. The summed E-state index contributed by atoms with van der Waals surface area (Å²) in [5.74, 6) is -0.223. The second-order valence-electron chi connectivity index (χ2n) is 5.16. The van der Waals surface area contributed by atoms with Gasteiger partial charge in [0.15, 0.2) is 5.11 Å². The highest BCUT2D eigenvalue weighted by Crippen LogP contribution is 2.19. The number of aryl methyl sites for hydroxylation is 1. The Bertz CT molecular complexity index is 557. The molecule has 7 nitrogen and oxygen atoms in total. The number of hydrazine groups is 1. The molecule has 2 heterocycles. The molecular formula is C13H20BrN5O2S. The van der Waals surface area contributed by atoms with Crippen LogP contribution in [0.25, 0.3) is 0 Å². The van der Waals surface area contributed by atoms with Crippen molar-refractivity contribution in [2.24, 2.45) is 0 Å². The zero-order valence-electron chi connectivity index (χ0n) is 12.6. The molecule has 1 aromatic rings. The molecule has 0 unspecified atom stereocenters. The fraction of sp³-hybridized carbons (Fsp3) is 0.615. The molecular weight excluding hydrogens is 370 g/mol. The normalized spacial score (nSPS) is 17.3. The topological polar surface area (TPSA) is 80.2 Å². The Morgan fingerprint density at radius 1 is 1.50 bits per heavy atom. The van der Waals surface area contributed by atoms with E-state index in [-0.39, 0.29) is 18.6 Å². The molecule has 1 fully saturated rings. The molecule has 0 saturated carbocycles. The van der Waals surface area contributed by atoms with Crippen LogP contribution in [0.2, 0.25) is 0 Å². The first kappa shape index (κ1) is 17.2. The first-order chi connectivity index (χ1) is 10.5. The Balaban J connectivity index is 1.70. The standard InChI is InChI=1S/C13H20BrN5O2S/c1-8-12(14)9(2)19(18-8)7-11(20)16-17-13(22)15-6-10-4-3-5-21-10/h10H,3-7H2,1-2H3,(H,16,20)(H2,15,17,22)/t10-/m0/s1. The van der Waals surface area contributed by atoms with Crippen molar-refractivity contribution in [2.45, 2.75) is 39.3 Å². The fourth-order valence-electron chi connectivity index (χ4n) is 2.19. The summed E-state index contributed by atoms with van der Waals surface area (Å²) in [7, 11) is 0. The zero-order valence-corrected chi connectivity index (χ0v) is 15.0. The number of carbonyl (C=O) groups excluding carboxylic acids is 1. The molecule has 1 amide bonds. The van der Waals surface area contributed by atoms with Crippen LogP contribution in [0.15, 0.2) is 4.47 Å². The molecule has 0 aliphatic carbocycles. The van der Waals surface area contributed by atoms with Crippen LogP contribution in [-0.2, 0) is 16.1 Å². The first-order valence-corrected chi connectivity index (χ1v) is 8.31. The highest BCUT2D eigenvalue weighted by molar-refractivity contribution is 9.10. The van der Waals surface area contributed by atoms with Crippen LogP contribution in [-0.4, -0.2) is 40.1 Å². The van der Waals surface area contributed by atoms with E-state index >= 15 is 0 Å². The second kappa shape index (κ2) is 7.89. The van der Waals surface area contributed by atoms with Gasteiger partial charge in [-0.1, -0.05) is 0 Å². The van der Waals surface area contributed by atoms with Gasteiger partial charge in [0.1, 0.15) is 6.54 Å². The maximum atomic E-state index is 11.9. The number of nitrogens with zero attached hydrogens (tertiary/aromatic N) is 2. The second-order valence-corrected chi connectivity index (χ2v) is 6.36. The summed E-state index contributed by atoms with van der Waals surface area (Å²) in [6, 6.07) is 0. The molecule has 1 aromatic heterocycles. The minimum absolute atomic E-state index is 0.125. The van der Waals surface area contributed by atoms with Gasteiger partial charge in [0, 0.05) is 13.2 Å². The number of carbonyl (C=O) groups is 1. The van der Waals surface area contributed by atoms with E-state index in [1.807, 2.05) is 13.8 Å². The number of aromatic nitrogens is 2. The van der Waals surface area contributed by atoms with E-state index in [9.17, 15) is 4.79 Å². The number of hydrogen-bond donors (Lipinski definition) is 3. The molecule has 9 heteroatoms. The number of thiocarbonyl (C=S) groups is 1. The lowest BCUT2D eigenvalue weighted by atomic mass is 10.2. The summed E-state index contributed by atoms with van der Waals surface area (Å²) in [6.07, 6.45) is 2.32. The summed E-state index contributed by atoms with van der Waals surface area (Å²) in [5, 5.41) is 7.67. The van der Waals surface area contributed by atoms with Gasteiger partial charge in [-0.25, -0.2) is 0 Å². The van der Waals surface area contributed by atoms with E-state index in [1.54, 1.807) is 4.68 Å². The quantitative estimate of drug-likeness (QED) is 0.525. The van der Waals surface area contributed by atoms with Crippen LogP contribution in [0.3, 0.4) is 0 Å². The van der Waals surface area contributed by atoms with Crippen LogP contribution in [0, 0.1) is 13.8 Å². The Morgan fingerprint density at radius 3 is 2.86 bits per heavy atom. The highest BCUT2D eigenvalue weighted by Gasteiger charge is 2.15. The molecule has 0 bridgehead atoms. The van der Waals surface area contributed by atoms with Crippen molar-refractivity contribution in [3.63, 3.8) is 0 Å². The van der Waals surface area contributed by atoms with Crippen LogP contribution >= 0.6 is 28.1 Å². The predicted octanol–water partition coefficient (Wildman–Crippen LogP) is 0.937. The summed E-state index contributed by atoms with van der Waals surface area (Å²) in [5.41, 5.74) is 7.00. The third kappa shape index (κ3) is 4.65. The number of hydrogen-bond acceptors (Lipinski definition) is 4. The fourth-order valence-corrected chi connectivity index (χ4v) is 2.61. The first-order valence-electron chi connectivity index (χ1n) is 7.11. The third-order valence-corrected chi connectivity index (χ3v) is 4.81. The number of ether oxygens (including phenoxy) is 1. The molecule has 122 valence electrons. The molecule has 1 aliphatic rings. The van der Waals surface area contributed by atoms with Gasteiger partial charge in [-0.05, 0) is 54.8 Å². The average Bonchev–Trinajstić information content (AvgIpc) is 3.08. The molecule has 22 heavy (non-hydrogen) atoms. The smallest absolute Gasteiger partial charge is 0.260 e. The van der Waals surface area contributed by atoms with Gasteiger partial charge in [0.25, 0.3) is 5.91 Å². The van der Waals surface area contributed by atoms with E-state index in [4.69, 9.17) is 17.0 Å². The minimum atomic E-state index is -0.223. The van der Waals surface area contributed by atoms with Gasteiger partial charge >= 0.3 is 0 Å². The lowest BCUT2D eigenvalue weighted by molar-refractivity contribution is -0.122. The SMILES string of the molecule is Cc1nn(CC(=O)NNC(=S)NC[C@@H]2CCCO2)c(C)c1Br. The summed E-state index contributed by atoms with van der Waals surface area (Å²) >= 11 is 8.53. The maximum Gasteiger partial charge on any atom is 0.260 e. The van der Waals surface area contributed by atoms with Gasteiger partial charge in [0.2, 0.25) is 0 Å². The molecule has 1 saturated heterocycles. The molecule has 0 spiro atoms. The summed E-state index contributed by atoms with van der Waals surface area (Å²) in [6.45, 7) is 5.36. The van der Waals surface area contributed by atoms with E-state index < -0.39 is 0 Å². The summed E-state index contributed by atoms with van der Waals surface area (Å²) < 4.78 is 8.04. The Morgan fingerprint density at radius 2 is 2.27 bits per heavy atom. The Labute approximate surface area is 143 Å². The van der Waals surface area contributed by atoms with Gasteiger partial charge in [-0.2, -0.15) is 5.10 Å². The molecule has 3 N–H and O–H groups in total. The van der Waals surface area contributed by atoms with Gasteiger partial charge in [-0.3, -0.25) is 20.3 Å². The van der Waals surface area contributed by atoms with Crippen molar-refractivity contribution in [3.8, 4) is 0 Å². The van der Waals surface area contributed by atoms with E-state index in [2.05, 4.69) is 37.2 Å². The van der Waals surface area contributed by atoms with Crippen molar-refractivity contribution >= 4 is 39.2 Å². The van der Waals surface area contributed by atoms with Crippen LogP contribution in [0.4, 0.5) is 0 Å². The minimum Gasteiger partial charge on any atom is -0.376 e. The summed E-state index contributed by atoms with van der Waals surface area (Å²) in [4.78, 5) is 11.9. The lowest BCUT2D eigenvalue weighted by Gasteiger charge is -2.14. The van der Waals surface area contributed by atoms with Gasteiger partial charge in [-0.15, -0.1) is 0 Å². The number of amides is 1. The Hall–Kier alpha value is -1.19. The molecule has 1 atom stereocenters. The van der Waals surface area contributed by atoms with Crippen molar-refractivity contribution in [1.82, 2.24) is 25.9 Å². The number of rotatable bonds is 4. The van der Waals surface area contributed by atoms with E-state index in [0.717, 1.165) is 35.3 Å². The molecule has 0 radical (unpaired) electrons. The average molecular weight is 390 g/mol. The monoisotopic (exact) mass is 389 g/mol. The largest absolute Gasteiger partial charge is 0.376 e. The van der Waals surface area contributed by atoms with Gasteiger partial charge < -0.3 is 10.1 Å². The maximum absolute atomic E-state index is 11.9. The lowest BCUT2D eigenvalue weighted by Crippen LogP contribution is -2.49. The van der Waals surface area contributed by atoms with Crippen molar-refractivity contribution in [1.29, 1.82) is 0 Å². The van der Waals surface area contributed by atoms with Crippen molar-refractivity contribution < 1.29 is 9.53 Å². The molecule has 1 aliphatic heterocycles. The third-order valence-electron chi connectivity index (χ3n) is 3.42. The molecule has 2 rings (SSSR count). The number of halogens is 1. The van der Waals surface area contributed by atoms with Crippen LogP contribution in [0.5, 0.6) is 0 Å². The Kier molecular flexibility index (Phi) is 6.16. The van der Waals surface area contributed by atoms with Gasteiger partial charge in [0.05, 0.1) is 22.0 Å².